The first-order chi connectivity index (χ1) is 16.9. The lowest BCUT2D eigenvalue weighted by Crippen LogP contribution is -2.29. The van der Waals surface area contributed by atoms with Crippen molar-refractivity contribution < 1.29 is 28.9 Å². The zero-order chi connectivity index (χ0) is 24.7. The van der Waals surface area contributed by atoms with Gasteiger partial charge in [0.25, 0.3) is 11.7 Å². The summed E-state index contributed by atoms with van der Waals surface area (Å²) in [5, 5.41) is 11.4. The molecular formula is C28H25NO6. The first kappa shape index (κ1) is 22.5. The van der Waals surface area contributed by atoms with Crippen LogP contribution in [0.1, 0.15) is 42.5 Å². The number of fused-ring (bicyclic) bond motifs is 1. The lowest BCUT2D eigenvalue weighted by Gasteiger charge is -2.25. The van der Waals surface area contributed by atoms with Crippen LogP contribution in [0.4, 0.5) is 5.69 Å². The molecule has 1 unspecified atom stereocenters. The summed E-state index contributed by atoms with van der Waals surface area (Å²) in [6.45, 7) is 4.13. The van der Waals surface area contributed by atoms with Gasteiger partial charge in [-0.3, -0.25) is 14.5 Å². The number of hydrogen-bond acceptors (Lipinski definition) is 6. The van der Waals surface area contributed by atoms with Crippen LogP contribution in [-0.4, -0.2) is 30.7 Å². The number of rotatable bonds is 5. The van der Waals surface area contributed by atoms with Crippen molar-refractivity contribution in [3.05, 3.63) is 89.0 Å². The number of hydrogen-bond donors (Lipinski definition) is 1. The van der Waals surface area contributed by atoms with Gasteiger partial charge in [-0.2, -0.15) is 0 Å². The third-order valence-electron chi connectivity index (χ3n) is 6.32. The maximum atomic E-state index is 13.4. The highest BCUT2D eigenvalue weighted by Crippen LogP contribution is 2.45. The predicted octanol–water partition coefficient (Wildman–Crippen LogP) is 5.17. The Morgan fingerprint density at radius 1 is 1.00 bits per heavy atom. The van der Waals surface area contributed by atoms with Gasteiger partial charge in [0.1, 0.15) is 11.5 Å². The lowest BCUT2D eigenvalue weighted by atomic mass is 9.93. The standard InChI is InChI=1S/C28H25NO6/c1-16(2)20-13-18(9-11-21(20)33-3)26(30)24-25(17-7-5-4-6-8-17)29(28(32)27(24)31)19-10-12-22-23(14-19)35-15-34-22/h4-14,16,25,30H,15H2,1-3H3/b26-24+. The fourth-order valence-electron chi connectivity index (χ4n) is 4.57. The van der Waals surface area contributed by atoms with Crippen LogP contribution in [-0.2, 0) is 9.59 Å². The van der Waals surface area contributed by atoms with Crippen LogP contribution < -0.4 is 19.1 Å². The molecule has 1 fully saturated rings. The molecular weight excluding hydrogens is 446 g/mol. The summed E-state index contributed by atoms with van der Waals surface area (Å²) in [4.78, 5) is 28.1. The Hall–Kier alpha value is -4.26. The molecule has 0 bridgehead atoms. The molecule has 0 radical (unpaired) electrons. The molecule has 3 aromatic rings. The van der Waals surface area contributed by atoms with Crippen LogP contribution >= 0.6 is 0 Å². The number of methoxy groups -OCH3 is 1. The number of carbonyl (C=O) groups excluding carboxylic acids is 2. The van der Waals surface area contributed by atoms with E-state index in [1.54, 1.807) is 43.5 Å². The predicted molar refractivity (Wildman–Crippen MR) is 131 cm³/mol. The van der Waals surface area contributed by atoms with Crippen molar-refractivity contribution in [1.82, 2.24) is 0 Å². The highest BCUT2D eigenvalue weighted by molar-refractivity contribution is 6.51. The summed E-state index contributed by atoms with van der Waals surface area (Å²) < 4.78 is 16.3. The Labute approximate surface area is 203 Å². The van der Waals surface area contributed by atoms with Crippen molar-refractivity contribution in [2.24, 2.45) is 0 Å². The van der Waals surface area contributed by atoms with Crippen molar-refractivity contribution in [2.45, 2.75) is 25.8 Å². The number of aliphatic hydroxyl groups is 1. The Morgan fingerprint density at radius 3 is 2.46 bits per heavy atom. The highest BCUT2D eigenvalue weighted by Gasteiger charge is 2.47. The molecule has 5 rings (SSSR count). The minimum absolute atomic E-state index is 0.0266. The molecule has 2 heterocycles. The third kappa shape index (κ3) is 3.79. The van der Waals surface area contributed by atoms with E-state index in [0.717, 1.165) is 5.56 Å². The van der Waals surface area contributed by atoms with Crippen molar-refractivity contribution in [2.75, 3.05) is 18.8 Å². The molecule has 1 N–H and O–H groups in total. The molecule has 0 spiro atoms. The number of benzene rings is 3. The van der Waals surface area contributed by atoms with Crippen LogP contribution in [0.25, 0.3) is 5.76 Å². The van der Waals surface area contributed by atoms with E-state index in [4.69, 9.17) is 14.2 Å². The molecule has 0 aliphatic carbocycles. The van der Waals surface area contributed by atoms with Crippen molar-refractivity contribution in [3.8, 4) is 17.2 Å². The molecule has 1 atom stereocenters. The number of carbonyl (C=O) groups is 2. The second kappa shape index (κ2) is 8.83. The van der Waals surface area contributed by atoms with Crippen LogP contribution in [0.15, 0.2) is 72.3 Å². The van der Waals surface area contributed by atoms with Gasteiger partial charge < -0.3 is 19.3 Å². The highest BCUT2D eigenvalue weighted by atomic mass is 16.7. The fourth-order valence-corrected chi connectivity index (χ4v) is 4.57. The average Bonchev–Trinajstić information content (AvgIpc) is 3.45. The summed E-state index contributed by atoms with van der Waals surface area (Å²) in [5.74, 6) is 0.169. The zero-order valence-corrected chi connectivity index (χ0v) is 19.6. The Morgan fingerprint density at radius 2 is 1.74 bits per heavy atom. The minimum atomic E-state index is -0.818. The second-order valence-corrected chi connectivity index (χ2v) is 8.73. The summed E-state index contributed by atoms with van der Waals surface area (Å²) in [6.07, 6.45) is 0. The Bertz CT molecular complexity index is 1340. The van der Waals surface area contributed by atoms with Gasteiger partial charge in [-0.15, -0.1) is 0 Å². The lowest BCUT2D eigenvalue weighted by molar-refractivity contribution is -0.132. The third-order valence-corrected chi connectivity index (χ3v) is 6.32. The maximum Gasteiger partial charge on any atom is 0.300 e. The largest absolute Gasteiger partial charge is 0.507 e. The van der Waals surface area contributed by atoms with Crippen LogP contribution in [0.2, 0.25) is 0 Å². The Balaban J connectivity index is 1.69. The summed E-state index contributed by atoms with van der Waals surface area (Å²) in [6, 6.07) is 18.7. The van der Waals surface area contributed by atoms with Gasteiger partial charge >= 0.3 is 0 Å². The molecule has 1 amide bonds. The van der Waals surface area contributed by atoms with Gasteiger partial charge in [0.15, 0.2) is 11.5 Å². The summed E-state index contributed by atoms with van der Waals surface area (Å²) >= 11 is 0. The van der Waals surface area contributed by atoms with Gasteiger partial charge in [-0.1, -0.05) is 44.2 Å². The van der Waals surface area contributed by atoms with E-state index in [9.17, 15) is 14.7 Å². The van der Waals surface area contributed by atoms with Gasteiger partial charge in [0, 0.05) is 17.3 Å². The second-order valence-electron chi connectivity index (χ2n) is 8.73. The van der Waals surface area contributed by atoms with E-state index in [2.05, 4.69) is 0 Å². The normalized spacial score (nSPS) is 18.4. The number of amides is 1. The van der Waals surface area contributed by atoms with Crippen LogP contribution in [0.5, 0.6) is 17.2 Å². The number of aliphatic hydroxyl groups excluding tert-OH is 1. The summed E-state index contributed by atoms with van der Waals surface area (Å²) in [5.41, 5.74) is 2.53. The van der Waals surface area contributed by atoms with E-state index in [-0.39, 0.29) is 24.0 Å². The zero-order valence-electron chi connectivity index (χ0n) is 19.6. The molecule has 35 heavy (non-hydrogen) atoms. The molecule has 7 heteroatoms. The first-order valence-corrected chi connectivity index (χ1v) is 11.3. The van der Waals surface area contributed by atoms with Crippen LogP contribution in [0.3, 0.4) is 0 Å². The van der Waals surface area contributed by atoms with Crippen molar-refractivity contribution >= 4 is 23.1 Å². The quantitative estimate of drug-likeness (QED) is 0.314. The number of anilines is 1. The smallest absolute Gasteiger partial charge is 0.300 e. The first-order valence-electron chi connectivity index (χ1n) is 11.3. The molecule has 0 aromatic heterocycles. The SMILES string of the molecule is COc1ccc(/C(O)=C2\C(=O)C(=O)N(c3ccc4c(c3)OCO4)C2c2ccccc2)cc1C(C)C. The monoisotopic (exact) mass is 471 g/mol. The van der Waals surface area contributed by atoms with E-state index in [1.807, 2.05) is 44.2 Å². The topological polar surface area (TPSA) is 85.3 Å². The number of Topliss-reactive ketones (excluding diaryl/α,β-unsaturated/α-hetero) is 1. The van der Waals surface area contributed by atoms with Crippen molar-refractivity contribution in [3.63, 3.8) is 0 Å². The van der Waals surface area contributed by atoms with Crippen LogP contribution in [0, 0.1) is 0 Å². The number of ketones is 1. The van der Waals surface area contributed by atoms with Gasteiger partial charge in [0.2, 0.25) is 6.79 Å². The van der Waals surface area contributed by atoms with Gasteiger partial charge in [-0.05, 0) is 47.4 Å². The molecule has 3 aromatic carbocycles. The number of ether oxygens (including phenoxy) is 3. The van der Waals surface area contributed by atoms with E-state index < -0.39 is 17.7 Å². The molecule has 178 valence electrons. The van der Waals surface area contributed by atoms with E-state index >= 15 is 0 Å². The molecule has 2 aliphatic rings. The Kier molecular flexibility index (Phi) is 5.68. The van der Waals surface area contributed by atoms with Crippen molar-refractivity contribution in [1.29, 1.82) is 0 Å². The number of nitrogens with zero attached hydrogens (tertiary/aromatic N) is 1. The molecule has 7 nitrogen and oxygen atoms in total. The minimum Gasteiger partial charge on any atom is -0.507 e. The van der Waals surface area contributed by atoms with Gasteiger partial charge in [0.05, 0.1) is 18.7 Å². The fraction of sp³-hybridized carbons (Fsp3) is 0.214. The average molecular weight is 472 g/mol. The summed E-state index contributed by atoms with van der Waals surface area (Å²) in [7, 11) is 1.59. The molecule has 2 aliphatic heterocycles. The van der Waals surface area contributed by atoms with Gasteiger partial charge in [-0.25, -0.2) is 0 Å². The van der Waals surface area contributed by atoms with E-state index in [0.29, 0.717) is 34.1 Å². The molecule has 0 saturated carbocycles. The maximum absolute atomic E-state index is 13.4. The molecule has 1 saturated heterocycles. The van der Waals surface area contributed by atoms with E-state index in [1.165, 1.54) is 4.90 Å².